The summed E-state index contributed by atoms with van der Waals surface area (Å²) in [6, 6.07) is 1.89. The SMILES string of the molecule is Cc1cc(F)c(C(=O)NCCCCCNC(=O)O)cc1N1CCC(=O)NC1=O. The fraction of sp³-hybridized carbons (Fsp3) is 0.444. The smallest absolute Gasteiger partial charge is 0.404 e. The van der Waals surface area contributed by atoms with E-state index in [1.165, 1.54) is 17.0 Å². The Morgan fingerprint density at radius 3 is 2.50 bits per heavy atom. The molecule has 152 valence electrons. The van der Waals surface area contributed by atoms with E-state index in [1.54, 1.807) is 6.92 Å². The van der Waals surface area contributed by atoms with Gasteiger partial charge < -0.3 is 15.7 Å². The quantitative estimate of drug-likeness (QED) is 0.500. The maximum absolute atomic E-state index is 14.3. The molecule has 0 aromatic heterocycles. The molecule has 0 saturated carbocycles. The van der Waals surface area contributed by atoms with Crippen LogP contribution in [0.3, 0.4) is 0 Å². The highest BCUT2D eigenvalue weighted by Gasteiger charge is 2.27. The number of amides is 5. The van der Waals surface area contributed by atoms with Crippen LogP contribution in [-0.2, 0) is 4.79 Å². The topological polar surface area (TPSA) is 128 Å². The molecule has 0 atom stereocenters. The van der Waals surface area contributed by atoms with Crippen LogP contribution in [0, 0.1) is 12.7 Å². The molecule has 2 rings (SSSR count). The van der Waals surface area contributed by atoms with Crippen LogP contribution in [0.2, 0.25) is 0 Å². The standard InChI is InChI=1S/C18H23FN4O5/c1-11-9-13(19)12(10-14(11)23-8-5-15(24)22-17(23)26)16(25)20-6-3-2-4-7-21-18(27)28/h9-10,21H,2-8H2,1H3,(H,20,25)(H,27,28)(H,22,24,26). The van der Waals surface area contributed by atoms with Crippen molar-refractivity contribution in [2.45, 2.75) is 32.6 Å². The molecule has 10 heteroatoms. The zero-order valence-electron chi connectivity index (χ0n) is 15.5. The largest absolute Gasteiger partial charge is 0.465 e. The Morgan fingerprint density at radius 2 is 1.86 bits per heavy atom. The number of nitrogens with one attached hydrogen (secondary N) is 3. The number of carboxylic acid groups (broad SMARTS) is 1. The minimum atomic E-state index is -1.08. The fourth-order valence-corrected chi connectivity index (χ4v) is 2.84. The Hall–Kier alpha value is -3.17. The van der Waals surface area contributed by atoms with Crippen molar-refractivity contribution in [1.82, 2.24) is 16.0 Å². The lowest BCUT2D eigenvalue weighted by molar-refractivity contribution is -0.120. The van der Waals surface area contributed by atoms with E-state index in [1.807, 2.05) is 0 Å². The maximum atomic E-state index is 14.3. The van der Waals surface area contributed by atoms with Crippen LogP contribution >= 0.6 is 0 Å². The number of hydrogen-bond acceptors (Lipinski definition) is 4. The van der Waals surface area contributed by atoms with Crippen molar-refractivity contribution in [3.05, 3.63) is 29.1 Å². The van der Waals surface area contributed by atoms with Gasteiger partial charge in [-0.05, 0) is 43.9 Å². The van der Waals surface area contributed by atoms with Crippen LogP contribution in [0.4, 0.5) is 19.7 Å². The average Bonchev–Trinajstić information content (AvgIpc) is 2.61. The molecule has 1 aliphatic heterocycles. The maximum Gasteiger partial charge on any atom is 0.404 e. The first-order valence-electron chi connectivity index (χ1n) is 8.96. The highest BCUT2D eigenvalue weighted by Crippen LogP contribution is 2.25. The van der Waals surface area contributed by atoms with Gasteiger partial charge in [0.05, 0.1) is 5.56 Å². The molecule has 1 fully saturated rings. The number of urea groups is 1. The molecule has 9 nitrogen and oxygen atoms in total. The van der Waals surface area contributed by atoms with Crippen molar-refractivity contribution >= 4 is 29.6 Å². The van der Waals surface area contributed by atoms with Crippen molar-refractivity contribution in [1.29, 1.82) is 0 Å². The van der Waals surface area contributed by atoms with Gasteiger partial charge in [-0.2, -0.15) is 0 Å². The van der Waals surface area contributed by atoms with E-state index in [0.717, 1.165) is 0 Å². The summed E-state index contributed by atoms with van der Waals surface area (Å²) in [6.07, 6.45) is 0.994. The molecule has 0 bridgehead atoms. The monoisotopic (exact) mass is 394 g/mol. The first kappa shape index (κ1) is 21.1. The second-order valence-corrected chi connectivity index (χ2v) is 6.42. The molecule has 1 aromatic carbocycles. The molecule has 1 saturated heterocycles. The van der Waals surface area contributed by atoms with Crippen LogP contribution in [0.1, 0.15) is 41.6 Å². The van der Waals surface area contributed by atoms with Crippen LogP contribution in [0.15, 0.2) is 12.1 Å². The number of benzene rings is 1. The van der Waals surface area contributed by atoms with Crippen molar-refractivity contribution < 1.29 is 28.7 Å². The second-order valence-electron chi connectivity index (χ2n) is 6.42. The number of carbonyl (C=O) groups excluding carboxylic acids is 3. The lowest BCUT2D eigenvalue weighted by atomic mass is 10.1. The van der Waals surface area contributed by atoms with Crippen molar-refractivity contribution in [2.24, 2.45) is 0 Å². The number of halogens is 1. The fourth-order valence-electron chi connectivity index (χ4n) is 2.84. The molecule has 0 aliphatic carbocycles. The Morgan fingerprint density at radius 1 is 1.18 bits per heavy atom. The van der Waals surface area contributed by atoms with Gasteiger partial charge in [-0.3, -0.25) is 19.8 Å². The number of aryl methyl sites for hydroxylation is 1. The minimum Gasteiger partial charge on any atom is -0.465 e. The molecule has 0 radical (unpaired) electrons. The van der Waals surface area contributed by atoms with Crippen LogP contribution in [0.5, 0.6) is 0 Å². The normalized spacial score (nSPS) is 13.9. The second kappa shape index (κ2) is 9.67. The molecule has 28 heavy (non-hydrogen) atoms. The van der Waals surface area contributed by atoms with Gasteiger partial charge in [0.25, 0.3) is 5.91 Å². The van der Waals surface area contributed by atoms with E-state index in [-0.39, 0.29) is 24.4 Å². The third kappa shape index (κ3) is 5.66. The minimum absolute atomic E-state index is 0.126. The van der Waals surface area contributed by atoms with E-state index in [0.29, 0.717) is 43.6 Å². The van der Waals surface area contributed by atoms with Crippen LogP contribution < -0.4 is 20.9 Å². The average molecular weight is 394 g/mol. The third-order valence-corrected chi connectivity index (χ3v) is 4.29. The molecule has 0 unspecified atom stereocenters. The van der Waals surface area contributed by atoms with Gasteiger partial charge >= 0.3 is 12.1 Å². The molecule has 1 heterocycles. The molecule has 0 spiro atoms. The lowest BCUT2D eigenvalue weighted by Gasteiger charge is -2.28. The van der Waals surface area contributed by atoms with Gasteiger partial charge in [0, 0.05) is 31.7 Å². The van der Waals surface area contributed by atoms with Gasteiger partial charge in [-0.25, -0.2) is 14.0 Å². The van der Waals surface area contributed by atoms with E-state index in [4.69, 9.17) is 5.11 Å². The molecule has 1 aromatic rings. The van der Waals surface area contributed by atoms with Gasteiger partial charge in [-0.1, -0.05) is 0 Å². The number of hydrogen-bond donors (Lipinski definition) is 4. The van der Waals surface area contributed by atoms with Gasteiger partial charge in [-0.15, -0.1) is 0 Å². The first-order chi connectivity index (χ1) is 13.3. The molecular weight excluding hydrogens is 371 g/mol. The van der Waals surface area contributed by atoms with Crippen LogP contribution in [-0.4, -0.2) is 48.7 Å². The van der Waals surface area contributed by atoms with Crippen molar-refractivity contribution in [2.75, 3.05) is 24.5 Å². The lowest BCUT2D eigenvalue weighted by Crippen LogP contribution is -2.49. The Labute approximate surface area is 161 Å². The van der Waals surface area contributed by atoms with Gasteiger partial charge in [0.2, 0.25) is 5.91 Å². The van der Waals surface area contributed by atoms with Gasteiger partial charge in [0.15, 0.2) is 0 Å². The van der Waals surface area contributed by atoms with E-state index < -0.39 is 23.8 Å². The third-order valence-electron chi connectivity index (χ3n) is 4.29. The zero-order chi connectivity index (χ0) is 20.7. The summed E-state index contributed by atoms with van der Waals surface area (Å²) < 4.78 is 14.3. The number of unbranched alkanes of at least 4 members (excludes halogenated alkanes) is 2. The van der Waals surface area contributed by atoms with Crippen molar-refractivity contribution in [3.63, 3.8) is 0 Å². The number of imide groups is 1. The van der Waals surface area contributed by atoms with E-state index in [9.17, 15) is 23.6 Å². The first-order valence-corrected chi connectivity index (χ1v) is 8.96. The Bertz CT molecular complexity index is 783. The zero-order valence-corrected chi connectivity index (χ0v) is 15.5. The highest BCUT2D eigenvalue weighted by atomic mass is 19.1. The predicted octanol–water partition coefficient (Wildman–Crippen LogP) is 1.75. The number of nitrogens with zero attached hydrogens (tertiary/aromatic N) is 1. The summed E-state index contributed by atoms with van der Waals surface area (Å²) in [4.78, 5) is 47.3. The molecule has 4 N–H and O–H groups in total. The summed E-state index contributed by atoms with van der Waals surface area (Å²) in [7, 11) is 0. The molecule has 5 amide bonds. The highest BCUT2D eigenvalue weighted by molar-refractivity contribution is 6.06. The molecular formula is C18H23FN4O5. The van der Waals surface area contributed by atoms with E-state index in [2.05, 4.69) is 16.0 Å². The summed E-state index contributed by atoms with van der Waals surface area (Å²) in [5, 5.41) is 15.5. The Kier molecular flexibility index (Phi) is 7.30. The summed E-state index contributed by atoms with van der Waals surface area (Å²) in [5.74, 6) is -1.67. The Balaban J connectivity index is 1.95. The molecule has 1 aliphatic rings. The predicted molar refractivity (Wildman–Crippen MR) is 98.9 cm³/mol. The number of anilines is 1. The number of carbonyl (C=O) groups is 4. The number of rotatable bonds is 8. The van der Waals surface area contributed by atoms with Gasteiger partial charge in [0.1, 0.15) is 5.82 Å². The summed E-state index contributed by atoms with van der Waals surface area (Å²) in [6.45, 7) is 2.42. The summed E-state index contributed by atoms with van der Waals surface area (Å²) in [5.41, 5.74) is 0.665. The van der Waals surface area contributed by atoms with E-state index >= 15 is 0 Å². The van der Waals surface area contributed by atoms with Crippen molar-refractivity contribution in [3.8, 4) is 0 Å². The van der Waals surface area contributed by atoms with Crippen LogP contribution in [0.25, 0.3) is 0 Å². The summed E-state index contributed by atoms with van der Waals surface area (Å²) >= 11 is 0.